The van der Waals surface area contributed by atoms with E-state index in [9.17, 15) is 4.79 Å². The maximum atomic E-state index is 11.5. The van der Waals surface area contributed by atoms with Crippen LogP contribution in [0.25, 0.3) is 0 Å². The zero-order valence-electron chi connectivity index (χ0n) is 11.3. The van der Waals surface area contributed by atoms with Gasteiger partial charge in [0.25, 0.3) is 0 Å². The molecule has 16 heavy (non-hydrogen) atoms. The van der Waals surface area contributed by atoms with E-state index in [1.54, 1.807) is 0 Å². The van der Waals surface area contributed by atoms with Gasteiger partial charge in [0, 0.05) is 12.8 Å². The van der Waals surface area contributed by atoms with Gasteiger partial charge in [-0.3, -0.25) is 4.79 Å². The van der Waals surface area contributed by atoms with Gasteiger partial charge in [-0.05, 0) is 26.7 Å². The molecule has 0 aliphatic heterocycles. The van der Waals surface area contributed by atoms with Gasteiger partial charge in [-0.2, -0.15) is 0 Å². The normalized spacial score (nSPS) is 10.2. The van der Waals surface area contributed by atoms with E-state index >= 15 is 0 Å². The number of allylic oxidation sites excluding steroid dienone is 2. The molecule has 0 spiro atoms. The van der Waals surface area contributed by atoms with Crippen LogP contribution in [0.15, 0.2) is 11.6 Å². The number of Topliss-reactive ketones (excluding diaryl/α,β-unsaturated/α-hetero) is 1. The van der Waals surface area contributed by atoms with Gasteiger partial charge >= 0.3 is 0 Å². The average molecular weight is 224 g/mol. The summed E-state index contributed by atoms with van der Waals surface area (Å²) in [5, 5.41) is 0. The SMILES string of the molecule is CCCCCCCCC(=O)CCC=C(C)C. The summed E-state index contributed by atoms with van der Waals surface area (Å²) in [6.07, 6.45) is 12.2. The first-order valence-electron chi connectivity index (χ1n) is 6.82. The van der Waals surface area contributed by atoms with Crippen molar-refractivity contribution in [2.75, 3.05) is 0 Å². The van der Waals surface area contributed by atoms with E-state index in [2.05, 4.69) is 26.8 Å². The molecule has 0 bridgehead atoms. The molecule has 0 atom stereocenters. The summed E-state index contributed by atoms with van der Waals surface area (Å²) in [6, 6.07) is 0. The van der Waals surface area contributed by atoms with Crippen LogP contribution in [-0.2, 0) is 4.79 Å². The first-order chi connectivity index (χ1) is 7.66. The van der Waals surface area contributed by atoms with Gasteiger partial charge in [-0.1, -0.05) is 50.7 Å². The van der Waals surface area contributed by atoms with Gasteiger partial charge in [-0.15, -0.1) is 0 Å². The van der Waals surface area contributed by atoms with Crippen molar-refractivity contribution < 1.29 is 4.79 Å². The molecule has 0 saturated carbocycles. The van der Waals surface area contributed by atoms with Crippen LogP contribution in [-0.4, -0.2) is 5.78 Å². The van der Waals surface area contributed by atoms with Gasteiger partial charge in [-0.25, -0.2) is 0 Å². The number of rotatable bonds is 10. The van der Waals surface area contributed by atoms with Crippen LogP contribution in [0.3, 0.4) is 0 Å². The van der Waals surface area contributed by atoms with E-state index in [1.165, 1.54) is 37.7 Å². The second-order valence-corrected chi connectivity index (χ2v) is 4.88. The molecule has 0 aromatic rings. The molecule has 0 heterocycles. The molecule has 0 saturated heterocycles. The van der Waals surface area contributed by atoms with Crippen LogP contribution >= 0.6 is 0 Å². The first kappa shape index (κ1) is 15.4. The lowest BCUT2D eigenvalue weighted by Gasteiger charge is -2.00. The van der Waals surface area contributed by atoms with Crippen LogP contribution in [0.2, 0.25) is 0 Å². The van der Waals surface area contributed by atoms with Crippen molar-refractivity contribution in [3.8, 4) is 0 Å². The molecule has 0 aliphatic carbocycles. The van der Waals surface area contributed by atoms with Crippen molar-refractivity contribution in [1.82, 2.24) is 0 Å². The Morgan fingerprint density at radius 2 is 1.56 bits per heavy atom. The predicted molar refractivity (Wildman–Crippen MR) is 71.7 cm³/mol. The van der Waals surface area contributed by atoms with Crippen molar-refractivity contribution in [3.63, 3.8) is 0 Å². The lowest BCUT2D eigenvalue weighted by Crippen LogP contribution is -1.96. The third-order valence-corrected chi connectivity index (χ3v) is 2.78. The number of carbonyl (C=O) groups is 1. The van der Waals surface area contributed by atoms with E-state index in [0.29, 0.717) is 5.78 Å². The van der Waals surface area contributed by atoms with Gasteiger partial charge in [0.15, 0.2) is 0 Å². The molecule has 0 rings (SSSR count). The molecule has 1 nitrogen and oxygen atoms in total. The largest absolute Gasteiger partial charge is 0.300 e. The molecule has 0 radical (unpaired) electrons. The summed E-state index contributed by atoms with van der Waals surface area (Å²) in [7, 11) is 0. The van der Waals surface area contributed by atoms with E-state index < -0.39 is 0 Å². The molecule has 0 aliphatic rings. The van der Waals surface area contributed by atoms with Gasteiger partial charge in [0.1, 0.15) is 5.78 Å². The molecule has 0 unspecified atom stereocenters. The highest BCUT2D eigenvalue weighted by Crippen LogP contribution is 2.09. The summed E-state index contributed by atoms with van der Waals surface area (Å²) in [4.78, 5) is 11.5. The Morgan fingerprint density at radius 1 is 0.938 bits per heavy atom. The topological polar surface area (TPSA) is 17.1 Å². The summed E-state index contributed by atoms with van der Waals surface area (Å²) < 4.78 is 0. The lowest BCUT2D eigenvalue weighted by molar-refractivity contribution is -0.119. The smallest absolute Gasteiger partial charge is 0.133 e. The quantitative estimate of drug-likeness (QED) is 0.375. The fourth-order valence-corrected chi connectivity index (χ4v) is 1.75. The van der Waals surface area contributed by atoms with Crippen molar-refractivity contribution in [3.05, 3.63) is 11.6 Å². The number of hydrogen-bond donors (Lipinski definition) is 0. The highest BCUT2D eigenvalue weighted by atomic mass is 16.1. The molecular formula is C15H28O. The van der Waals surface area contributed by atoms with Crippen LogP contribution in [0.4, 0.5) is 0 Å². The second kappa shape index (κ2) is 10.9. The maximum absolute atomic E-state index is 11.5. The standard InChI is InChI=1S/C15H28O/c1-4-5-6-7-8-9-12-15(16)13-10-11-14(2)3/h11H,4-10,12-13H2,1-3H3. The Hall–Kier alpha value is -0.590. The molecule has 0 fully saturated rings. The maximum Gasteiger partial charge on any atom is 0.133 e. The Labute approximate surface area is 101 Å². The lowest BCUT2D eigenvalue weighted by atomic mass is 10.1. The van der Waals surface area contributed by atoms with Crippen molar-refractivity contribution in [2.45, 2.75) is 78.6 Å². The number of ketones is 1. The Bertz CT molecular complexity index is 199. The molecule has 0 amide bonds. The monoisotopic (exact) mass is 224 g/mol. The van der Waals surface area contributed by atoms with Crippen LogP contribution in [0, 0.1) is 0 Å². The van der Waals surface area contributed by atoms with Crippen LogP contribution < -0.4 is 0 Å². The molecule has 1 heteroatoms. The fourth-order valence-electron chi connectivity index (χ4n) is 1.75. The van der Waals surface area contributed by atoms with E-state index in [4.69, 9.17) is 0 Å². The minimum atomic E-state index is 0.438. The molecule has 0 N–H and O–H groups in total. The van der Waals surface area contributed by atoms with Gasteiger partial charge < -0.3 is 0 Å². The van der Waals surface area contributed by atoms with Crippen molar-refractivity contribution in [2.24, 2.45) is 0 Å². The third kappa shape index (κ3) is 11.5. The average Bonchev–Trinajstić information content (AvgIpc) is 2.22. The highest BCUT2D eigenvalue weighted by Gasteiger charge is 2.00. The van der Waals surface area contributed by atoms with Gasteiger partial charge in [0.2, 0.25) is 0 Å². The summed E-state index contributed by atoms with van der Waals surface area (Å²) >= 11 is 0. The first-order valence-corrected chi connectivity index (χ1v) is 6.82. The van der Waals surface area contributed by atoms with Crippen LogP contribution in [0.5, 0.6) is 0 Å². The van der Waals surface area contributed by atoms with Crippen molar-refractivity contribution >= 4 is 5.78 Å². The molecular weight excluding hydrogens is 196 g/mol. The minimum absolute atomic E-state index is 0.438. The molecule has 0 aromatic carbocycles. The Kier molecular flexibility index (Phi) is 10.5. The zero-order chi connectivity index (χ0) is 12.2. The van der Waals surface area contributed by atoms with Gasteiger partial charge in [0.05, 0.1) is 0 Å². The Morgan fingerprint density at radius 3 is 2.19 bits per heavy atom. The fraction of sp³-hybridized carbons (Fsp3) is 0.800. The Balaban J connectivity index is 3.27. The van der Waals surface area contributed by atoms with Crippen LogP contribution in [0.1, 0.15) is 78.6 Å². The predicted octanol–water partition coefficient (Wildman–Crippen LogP) is 5.05. The van der Waals surface area contributed by atoms with E-state index in [-0.39, 0.29) is 0 Å². The summed E-state index contributed by atoms with van der Waals surface area (Å²) in [5.74, 6) is 0.438. The summed E-state index contributed by atoms with van der Waals surface area (Å²) in [5.41, 5.74) is 1.31. The third-order valence-electron chi connectivity index (χ3n) is 2.78. The van der Waals surface area contributed by atoms with E-state index in [1.807, 2.05) is 0 Å². The summed E-state index contributed by atoms with van der Waals surface area (Å²) in [6.45, 7) is 6.39. The zero-order valence-corrected chi connectivity index (χ0v) is 11.3. The van der Waals surface area contributed by atoms with Crippen molar-refractivity contribution in [1.29, 1.82) is 0 Å². The number of unbranched alkanes of at least 4 members (excludes halogenated alkanes) is 5. The van der Waals surface area contributed by atoms with E-state index in [0.717, 1.165) is 25.7 Å². The molecule has 94 valence electrons. The highest BCUT2D eigenvalue weighted by molar-refractivity contribution is 5.78. The second-order valence-electron chi connectivity index (χ2n) is 4.88. The number of hydrogen-bond acceptors (Lipinski definition) is 1. The minimum Gasteiger partial charge on any atom is -0.300 e. The molecule has 0 aromatic heterocycles. The number of carbonyl (C=O) groups excluding carboxylic acids is 1.